The Morgan fingerprint density at radius 1 is 1.19 bits per heavy atom. The van der Waals surface area contributed by atoms with Crippen LogP contribution in [0.5, 0.6) is 0 Å². The maximum atomic E-state index is 13.4. The van der Waals surface area contributed by atoms with Gasteiger partial charge in [-0.2, -0.15) is 0 Å². The van der Waals surface area contributed by atoms with E-state index in [9.17, 15) is 9.59 Å². The maximum absolute atomic E-state index is 13.4. The summed E-state index contributed by atoms with van der Waals surface area (Å²) >= 11 is 0. The number of carbonyl (C=O) groups excluding carboxylic acids is 2. The van der Waals surface area contributed by atoms with Gasteiger partial charge >= 0.3 is 5.97 Å². The minimum Gasteiger partial charge on any atom is -0.468 e. The molecule has 0 aromatic heterocycles. The van der Waals surface area contributed by atoms with Crippen molar-refractivity contribution in [3.63, 3.8) is 0 Å². The van der Waals surface area contributed by atoms with Crippen molar-refractivity contribution in [2.24, 2.45) is 5.92 Å². The maximum Gasteiger partial charge on any atom is 0.321 e. The van der Waals surface area contributed by atoms with Crippen molar-refractivity contribution in [3.8, 4) is 0 Å². The van der Waals surface area contributed by atoms with Gasteiger partial charge in [-0.1, -0.05) is 72.8 Å². The fourth-order valence-electron chi connectivity index (χ4n) is 4.54. The SMILES string of the molecule is C=C1C[C@@H]2CC=CC=C(C2=O)[C@@](C(=O)OC)(c2cccc3ccccc23)C1. The van der Waals surface area contributed by atoms with Gasteiger partial charge in [0.2, 0.25) is 0 Å². The fourth-order valence-corrected chi connectivity index (χ4v) is 4.54. The van der Waals surface area contributed by atoms with Crippen LogP contribution in [0.2, 0.25) is 0 Å². The number of hydrogen-bond acceptors (Lipinski definition) is 3. The Balaban J connectivity index is 2.09. The van der Waals surface area contributed by atoms with E-state index in [2.05, 4.69) is 6.58 Å². The van der Waals surface area contributed by atoms with Crippen LogP contribution in [0, 0.1) is 5.92 Å². The van der Waals surface area contributed by atoms with Crippen molar-refractivity contribution in [2.45, 2.75) is 24.7 Å². The molecule has 136 valence electrons. The zero-order valence-electron chi connectivity index (χ0n) is 15.4. The number of esters is 1. The number of hydrogen-bond donors (Lipinski definition) is 0. The van der Waals surface area contributed by atoms with Gasteiger partial charge < -0.3 is 4.74 Å². The summed E-state index contributed by atoms with van der Waals surface area (Å²) in [5.74, 6) is -0.545. The van der Waals surface area contributed by atoms with Crippen LogP contribution >= 0.6 is 0 Å². The third kappa shape index (κ3) is 2.66. The number of fused-ring (bicyclic) bond motifs is 3. The average molecular weight is 358 g/mol. The molecule has 0 radical (unpaired) electrons. The van der Waals surface area contributed by atoms with Crippen LogP contribution < -0.4 is 0 Å². The van der Waals surface area contributed by atoms with Gasteiger partial charge in [-0.05, 0) is 35.6 Å². The minimum atomic E-state index is -1.17. The smallest absolute Gasteiger partial charge is 0.321 e. The predicted octanol–water partition coefficient (Wildman–Crippen LogP) is 4.67. The van der Waals surface area contributed by atoms with Gasteiger partial charge in [-0.3, -0.25) is 9.59 Å². The van der Waals surface area contributed by atoms with Gasteiger partial charge in [-0.25, -0.2) is 0 Å². The molecule has 0 saturated heterocycles. The Labute approximate surface area is 159 Å². The molecule has 2 aliphatic carbocycles. The van der Waals surface area contributed by atoms with E-state index >= 15 is 0 Å². The van der Waals surface area contributed by atoms with Crippen LogP contribution in [0.15, 0.2) is 78.4 Å². The Morgan fingerprint density at radius 3 is 2.78 bits per heavy atom. The summed E-state index contributed by atoms with van der Waals surface area (Å²) < 4.78 is 5.28. The van der Waals surface area contributed by atoms with Crippen molar-refractivity contribution < 1.29 is 14.3 Å². The van der Waals surface area contributed by atoms with Crippen LogP contribution in [-0.2, 0) is 19.7 Å². The largest absolute Gasteiger partial charge is 0.468 e. The van der Waals surface area contributed by atoms with Crippen LogP contribution in [0.4, 0.5) is 0 Å². The van der Waals surface area contributed by atoms with Crippen LogP contribution in [0.3, 0.4) is 0 Å². The molecule has 2 atom stereocenters. The summed E-state index contributed by atoms with van der Waals surface area (Å²) in [5, 5.41) is 1.99. The molecule has 0 heterocycles. The molecule has 0 unspecified atom stereocenters. The van der Waals surface area contributed by atoms with Crippen molar-refractivity contribution in [3.05, 3.63) is 84.0 Å². The molecule has 2 aliphatic rings. The van der Waals surface area contributed by atoms with Crippen LogP contribution in [0.1, 0.15) is 24.8 Å². The zero-order chi connectivity index (χ0) is 19.0. The number of ketones is 1. The Kier molecular flexibility index (Phi) is 4.31. The van der Waals surface area contributed by atoms with Crippen LogP contribution in [0.25, 0.3) is 10.8 Å². The molecule has 1 fully saturated rings. The molecule has 0 amide bonds. The first-order chi connectivity index (χ1) is 13.1. The summed E-state index contributed by atoms with van der Waals surface area (Å²) in [6.07, 6.45) is 7.35. The normalized spacial score (nSPS) is 24.9. The second-order valence-electron chi connectivity index (χ2n) is 7.36. The van der Waals surface area contributed by atoms with Crippen molar-refractivity contribution in [1.82, 2.24) is 0 Å². The number of methoxy groups -OCH3 is 1. The molecular weight excluding hydrogens is 336 g/mol. The summed E-state index contributed by atoms with van der Waals surface area (Å²) in [6.45, 7) is 4.21. The first kappa shape index (κ1) is 17.5. The van der Waals surface area contributed by atoms with Gasteiger partial charge in [0, 0.05) is 11.5 Å². The molecular formula is C24H22O3. The highest BCUT2D eigenvalue weighted by Crippen LogP contribution is 2.48. The van der Waals surface area contributed by atoms with Gasteiger partial charge in [0.15, 0.2) is 5.78 Å². The molecule has 2 aromatic carbocycles. The average Bonchev–Trinajstić information content (AvgIpc) is 2.93. The van der Waals surface area contributed by atoms with Crippen molar-refractivity contribution in [2.75, 3.05) is 7.11 Å². The molecule has 0 N–H and O–H groups in total. The van der Waals surface area contributed by atoms with Gasteiger partial charge in [0.25, 0.3) is 0 Å². The van der Waals surface area contributed by atoms with Crippen molar-refractivity contribution >= 4 is 22.5 Å². The molecule has 1 saturated carbocycles. The molecule has 3 nitrogen and oxygen atoms in total. The van der Waals surface area contributed by atoms with Gasteiger partial charge in [0.05, 0.1) is 7.11 Å². The lowest BCUT2D eigenvalue weighted by Crippen LogP contribution is -2.41. The van der Waals surface area contributed by atoms with Crippen LogP contribution in [-0.4, -0.2) is 18.9 Å². The summed E-state index contributed by atoms with van der Waals surface area (Å²) in [4.78, 5) is 26.7. The minimum absolute atomic E-state index is 0.0250. The monoisotopic (exact) mass is 358 g/mol. The summed E-state index contributed by atoms with van der Waals surface area (Å²) in [7, 11) is 1.39. The lowest BCUT2D eigenvalue weighted by molar-refractivity contribution is -0.146. The lowest BCUT2D eigenvalue weighted by Gasteiger charge is -2.33. The standard InChI is InChI=1S/C24H22O3/c1-16-14-18-9-4-6-12-21(22(18)25)24(15-16,23(26)27-2)20-13-7-10-17-8-3-5-11-19(17)20/h3-8,10-13,18H,1,9,14-15H2,2H3/t18-,24-/m0/s1. The topological polar surface area (TPSA) is 43.4 Å². The van der Waals surface area contributed by atoms with E-state index in [0.717, 1.165) is 21.9 Å². The van der Waals surface area contributed by atoms with E-state index in [4.69, 9.17) is 4.74 Å². The highest BCUT2D eigenvalue weighted by atomic mass is 16.5. The number of rotatable bonds is 2. The van der Waals surface area contributed by atoms with E-state index in [-0.39, 0.29) is 11.7 Å². The highest BCUT2D eigenvalue weighted by molar-refractivity contribution is 6.10. The second kappa shape index (κ2) is 6.66. The molecule has 4 rings (SSSR count). The van der Waals surface area contributed by atoms with E-state index < -0.39 is 11.4 Å². The van der Waals surface area contributed by atoms with E-state index in [1.807, 2.05) is 54.6 Å². The second-order valence-corrected chi connectivity index (χ2v) is 7.36. The highest BCUT2D eigenvalue weighted by Gasteiger charge is 2.51. The molecule has 0 aliphatic heterocycles. The number of Topliss-reactive ketones (excluding diaryl/α,β-unsaturated/α-hetero) is 1. The summed E-state index contributed by atoms with van der Waals surface area (Å²) in [6, 6.07) is 13.8. The van der Waals surface area contributed by atoms with E-state index in [0.29, 0.717) is 24.8 Å². The fraction of sp³-hybridized carbons (Fsp3) is 0.250. The molecule has 27 heavy (non-hydrogen) atoms. The Bertz CT molecular complexity index is 1010. The molecule has 2 bridgehead atoms. The predicted molar refractivity (Wildman–Crippen MR) is 106 cm³/mol. The van der Waals surface area contributed by atoms with Crippen molar-refractivity contribution in [1.29, 1.82) is 0 Å². The zero-order valence-corrected chi connectivity index (χ0v) is 15.4. The molecule has 2 aromatic rings. The van der Waals surface area contributed by atoms with E-state index in [1.165, 1.54) is 7.11 Å². The first-order valence-corrected chi connectivity index (χ1v) is 9.22. The molecule has 3 heteroatoms. The number of ether oxygens (including phenoxy) is 1. The van der Waals surface area contributed by atoms with Gasteiger partial charge in [0.1, 0.15) is 5.41 Å². The third-order valence-corrected chi connectivity index (χ3v) is 5.75. The quantitative estimate of drug-likeness (QED) is 0.579. The Morgan fingerprint density at radius 2 is 1.96 bits per heavy atom. The third-order valence-electron chi connectivity index (χ3n) is 5.75. The number of allylic oxidation sites excluding steroid dienone is 4. The van der Waals surface area contributed by atoms with E-state index in [1.54, 1.807) is 6.08 Å². The number of carbonyl (C=O) groups is 2. The van der Waals surface area contributed by atoms with Gasteiger partial charge in [-0.15, -0.1) is 0 Å². The lowest BCUT2D eigenvalue weighted by atomic mass is 9.68. The first-order valence-electron chi connectivity index (χ1n) is 9.22. The number of benzene rings is 2. The molecule has 0 spiro atoms. The Hall–Kier alpha value is -2.94. The summed E-state index contributed by atoms with van der Waals surface area (Å²) in [5.41, 5.74) is 1.06.